The van der Waals surface area contributed by atoms with Gasteiger partial charge in [-0.1, -0.05) is 36.4 Å². The molecule has 1 aliphatic rings. The Labute approximate surface area is 178 Å². The van der Waals surface area contributed by atoms with Gasteiger partial charge < -0.3 is 20.1 Å². The van der Waals surface area contributed by atoms with E-state index in [1.807, 2.05) is 47.4 Å². The van der Waals surface area contributed by atoms with E-state index in [1.54, 1.807) is 0 Å². The molecule has 0 unspecified atom stereocenters. The smallest absolute Gasteiger partial charge is 0.268 e. The number of halogens is 1. The molecule has 0 spiro atoms. The topological polar surface area (TPSA) is 68.4 Å². The predicted octanol–water partition coefficient (Wildman–Crippen LogP) is 3.40. The first kappa shape index (κ1) is 19.5. The van der Waals surface area contributed by atoms with Gasteiger partial charge in [-0.05, 0) is 34.1 Å². The van der Waals surface area contributed by atoms with Crippen molar-refractivity contribution in [3.8, 4) is 0 Å². The van der Waals surface area contributed by atoms with Gasteiger partial charge in [0.05, 0.1) is 4.47 Å². The third-order valence-electron chi connectivity index (χ3n) is 5.25. The van der Waals surface area contributed by atoms with Crippen LogP contribution < -0.4 is 10.2 Å². The van der Waals surface area contributed by atoms with Gasteiger partial charge in [0.25, 0.3) is 5.91 Å². The lowest BCUT2D eigenvalue weighted by atomic mass is 10.2. The summed E-state index contributed by atoms with van der Waals surface area (Å²) < 4.78 is 0.744. The number of H-pyrrole nitrogens is 1. The van der Waals surface area contributed by atoms with Crippen LogP contribution in [-0.2, 0) is 4.79 Å². The van der Waals surface area contributed by atoms with Gasteiger partial charge in [0.2, 0.25) is 5.91 Å². The number of hydrogen-bond donors (Lipinski definition) is 2. The summed E-state index contributed by atoms with van der Waals surface area (Å²) in [7, 11) is 0. The molecule has 0 saturated carbocycles. The van der Waals surface area contributed by atoms with Crippen molar-refractivity contribution in [2.45, 2.75) is 6.42 Å². The number of piperazine rings is 1. The molecule has 0 bridgehead atoms. The molecular formula is C22H23BrN4O2. The van der Waals surface area contributed by atoms with Crippen molar-refractivity contribution >= 4 is 44.3 Å². The highest BCUT2D eigenvalue weighted by atomic mass is 79.9. The van der Waals surface area contributed by atoms with Crippen molar-refractivity contribution in [1.29, 1.82) is 0 Å². The molecule has 0 radical (unpaired) electrons. The Balaban J connectivity index is 1.26. The molecule has 1 saturated heterocycles. The number of fused-ring (bicyclic) bond motifs is 1. The molecule has 4 rings (SSSR count). The van der Waals surface area contributed by atoms with Crippen molar-refractivity contribution < 1.29 is 9.59 Å². The summed E-state index contributed by atoms with van der Waals surface area (Å²) in [5, 5.41) is 3.81. The quantitative estimate of drug-likeness (QED) is 0.620. The van der Waals surface area contributed by atoms with Gasteiger partial charge in [-0.15, -0.1) is 0 Å². The monoisotopic (exact) mass is 454 g/mol. The van der Waals surface area contributed by atoms with Crippen LogP contribution in [0.5, 0.6) is 0 Å². The second-order valence-electron chi connectivity index (χ2n) is 7.07. The summed E-state index contributed by atoms with van der Waals surface area (Å²) in [5.41, 5.74) is 2.57. The fourth-order valence-corrected chi connectivity index (χ4v) is 4.27. The minimum atomic E-state index is -0.213. The summed E-state index contributed by atoms with van der Waals surface area (Å²) in [5.74, 6) is -0.136. The Hall–Kier alpha value is -2.80. The highest BCUT2D eigenvalue weighted by Gasteiger charge is 2.21. The minimum Gasteiger partial charge on any atom is -0.368 e. The van der Waals surface area contributed by atoms with Gasteiger partial charge in [-0.3, -0.25) is 9.59 Å². The molecule has 150 valence electrons. The summed E-state index contributed by atoms with van der Waals surface area (Å²) in [6.07, 6.45) is 0.301. The Bertz CT molecular complexity index is 1010. The number of para-hydroxylation sites is 2. The number of aromatic nitrogens is 1. The van der Waals surface area contributed by atoms with Crippen molar-refractivity contribution in [3.05, 3.63) is 64.8 Å². The number of hydrogen-bond acceptors (Lipinski definition) is 3. The lowest BCUT2D eigenvalue weighted by molar-refractivity contribution is -0.131. The molecule has 1 aromatic heterocycles. The molecule has 1 fully saturated rings. The molecule has 0 aliphatic carbocycles. The fraction of sp³-hybridized carbons (Fsp3) is 0.273. The van der Waals surface area contributed by atoms with Crippen molar-refractivity contribution in [3.63, 3.8) is 0 Å². The summed E-state index contributed by atoms with van der Waals surface area (Å²) >= 11 is 3.49. The Kier molecular flexibility index (Phi) is 5.85. The van der Waals surface area contributed by atoms with Gasteiger partial charge in [-0.25, -0.2) is 0 Å². The number of amides is 2. The van der Waals surface area contributed by atoms with E-state index in [-0.39, 0.29) is 11.8 Å². The number of nitrogens with one attached hydrogen (secondary N) is 2. The van der Waals surface area contributed by atoms with E-state index < -0.39 is 0 Å². The second-order valence-corrected chi connectivity index (χ2v) is 7.86. The second kappa shape index (κ2) is 8.69. The molecule has 7 heteroatoms. The van der Waals surface area contributed by atoms with E-state index in [2.05, 4.69) is 43.3 Å². The highest BCUT2D eigenvalue weighted by molar-refractivity contribution is 9.10. The third-order valence-corrected chi connectivity index (χ3v) is 6.07. The zero-order valence-electron chi connectivity index (χ0n) is 16.0. The van der Waals surface area contributed by atoms with Gasteiger partial charge >= 0.3 is 0 Å². The van der Waals surface area contributed by atoms with Crippen LogP contribution in [0.1, 0.15) is 16.9 Å². The van der Waals surface area contributed by atoms with Crippen molar-refractivity contribution in [2.24, 2.45) is 0 Å². The number of aromatic amines is 1. The first-order valence-electron chi connectivity index (χ1n) is 9.75. The molecule has 1 aliphatic heterocycles. The van der Waals surface area contributed by atoms with Crippen LogP contribution in [0.15, 0.2) is 59.1 Å². The number of carbonyl (C=O) groups is 2. The van der Waals surface area contributed by atoms with E-state index in [0.29, 0.717) is 31.7 Å². The normalized spacial score (nSPS) is 14.2. The highest BCUT2D eigenvalue weighted by Crippen LogP contribution is 2.27. The van der Waals surface area contributed by atoms with Gasteiger partial charge in [-0.2, -0.15) is 0 Å². The molecule has 2 N–H and O–H groups in total. The van der Waals surface area contributed by atoms with Crippen LogP contribution in [0.4, 0.5) is 5.69 Å². The first-order chi connectivity index (χ1) is 14.1. The molecule has 6 nitrogen and oxygen atoms in total. The average Bonchev–Trinajstić information content (AvgIpc) is 3.11. The first-order valence-corrected chi connectivity index (χ1v) is 10.5. The molecule has 2 aromatic carbocycles. The van der Waals surface area contributed by atoms with Crippen LogP contribution in [-0.4, -0.2) is 54.4 Å². The molecule has 29 heavy (non-hydrogen) atoms. The summed E-state index contributed by atoms with van der Waals surface area (Å²) in [6, 6.07) is 18.0. The SMILES string of the molecule is O=C(NCCC(=O)N1CCN(c2ccccc2)CC1)c1[nH]c2ccccc2c1Br. The minimum absolute atomic E-state index is 0.0775. The van der Waals surface area contributed by atoms with E-state index in [9.17, 15) is 9.59 Å². The number of nitrogens with zero attached hydrogens (tertiary/aromatic N) is 2. The van der Waals surface area contributed by atoms with Gasteiger partial charge in [0.1, 0.15) is 5.69 Å². The standard InChI is InChI=1S/C22H23BrN4O2/c23-20-17-8-4-5-9-18(17)25-21(20)22(29)24-11-10-19(28)27-14-12-26(13-15-27)16-6-2-1-3-7-16/h1-9,25H,10-15H2,(H,24,29). The maximum absolute atomic E-state index is 12.5. The molecule has 2 heterocycles. The molecule has 0 atom stereocenters. The molecule has 2 amide bonds. The zero-order chi connectivity index (χ0) is 20.2. The number of carbonyl (C=O) groups excluding carboxylic acids is 2. The Morgan fingerprint density at radius 3 is 2.38 bits per heavy atom. The predicted molar refractivity (Wildman–Crippen MR) is 118 cm³/mol. The van der Waals surface area contributed by atoms with Crippen LogP contribution in [0.25, 0.3) is 10.9 Å². The van der Waals surface area contributed by atoms with Gasteiger partial charge in [0, 0.05) is 55.7 Å². The maximum Gasteiger partial charge on any atom is 0.268 e. The van der Waals surface area contributed by atoms with Crippen molar-refractivity contribution in [2.75, 3.05) is 37.6 Å². The van der Waals surface area contributed by atoms with Crippen LogP contribution in [0.2, 0.25) is 0 Å². The third kappa shape index (κ3) is 4.29. The maximum atomic E-state index is 12.5. The lowest BCUT2D eigenvalue weighted by Crippen LogP contribution is -2.49. The van der Waals surface area contributed by atoms with Crippen LogP contribution >= 0.6 is 15.9 Å². The number of benzene rings is 2. The largest absolute Gasteiger partial charge is 0.368 e. The molecule has 3 aromatic rings. The van der Waals surface area contributed by atoms with Crippen LogP contribution in [0.3, 0.4) is 0 Å². The van der Waals surface area contributed by atoms with Crippen molar-refractivity contribution in [1.82, 2.24) is 15.2 Å². The van der Waals surface area contributed by atoms with E-state index in [0.717, 1.165) is 28.5 Å². The number of rotatable bonds is 5. The van der Waals surface area contributed by atoms with Crippen LogP contribution in [0, 0.1) is 0 Å². The summed E-state index contributed by atoms with van der Waals surface area (Å²) in [4.78, 5) is 32.3. The summed E-state index contributed by atoms with van der Waals surface area (Å²) in [6.45, 7) is 3.37. The zero-order valence-corrected chi connectivity index (χ0v) is 17.6. The van der Waals surface area contributed by atoms with E-state index in [4.69, 9.17) is 0 Å². The van der Waals surface area contributed by atoms with Gasteiger partial charge in [0.15, 0.2) is 0 Å². The Morgan fingerprint density at radius 1 is 0.966 bits per heavy atom. The molecular weight excluding hydrogens is 432 g/mol. The van der Waals surface area contributed by atoms with E-state index in [1.165, 1.54) is 5.69 Å². The lowest BCUT2D eigenvalue weighted by Gasteiger charge is -2.36. The number of anilines is 1. The fourth-order valence-electron chi connectivity index (χ4n) is 3.65. The van der Waals surface area contributed by atoms with E-state index >= 15 is 0 Å². The Morgan fingerprint density at radius 2 is 1.66 bits per heavy atom. The average molecular weight is 455 g/mol.